The zero-order valence-electron chi connectivity index (χ0n) is 11.3. The average Bonchev–Trinajstić information content (AvgIpc) is 2.87. The molecule has 1 aromatic rings. The third kappa shape index (κ3) is 2.91. The van der Waals surface area contributed by atoms with Gasteiger partial charge in [-0.05, 0) is 38.5 Å². The lowest BCUT2D eigenvalue weighted by atomic mass is 10.2. The van der Waals surface area contributed by atoms with Crippen molar-refractivity contribution in [3.8, 4) is 0 Å². The molecule has 1 N–H and O–H groups in total. The fraction of sp³-hybridized carbons (Fsp3) is 0.643. The number of carbonyl (C=O) groups excluding carboxylic acids is 1. The molecule has 2 rings (SSSR count). The molecule has 1 saturated carbocycles. The summed E-state index contributed by atoms with van der Waals surface area (Å²) in [7, 11) is 0. The predicted octanol–water partition coefficient (Wildman–Crippen LogP) is 3.30. The normalized spacial score (nSPS) is 23.3. The second-order valence-corrected chi connectivity index (χ2v) is 6.35. The molecule has 0 spiro atoms. The van der Waals surface area contributed by atoms with Crippen LogP contribution in [-0.4, -0.2) is 23.0 Å². The van der Waals surface area contributed by atoms with Gasteiger partial charge in [0.25, 0.3) is 5.91 Å². The molecule has 1 amide bonds. The van der Waals surface area contributed by atoms with Gasteiger partial charge in [0.05, 0.1) is 5.56 Å². The van der Waals surface area contributed by atoms with Crippen LogP contribution in [0.5, 0.6) is 0 Å². The Morgan fingerprint density at radius 3 is 2.89 bits per heavy atom. The van der Waals surface area contributed by atoms with Crippen LogP contribution in [0.4, 0.5) is 0 Å². The summed E-state index contributed by atoms with van der Waals surface area (Å²) in [5.41, 5.74) is 0.680. The summed E-state index contributed by atoms with van der Waals surface area (Å²) in [6.45, 7) is 5.88. The molecule has 0 unspecified atom stereocenters. The molecule has 1 fully saturated rings. The molecule has 0 bridgehead atoms. The summed E-state index contributed by atoms with van der Waals surface area (Å²) < 4.78 is 5.41. The Labute approximate surface area is 113 Å². The van der Waals surface area contributed by atoms with Gasteiger partial charge >= 0.3 is 0 Å². The van der Waals surface area contributed by atoms with E-state index in [-0.39, 0.29) is 5.91 Å². The first-order valence-corrected chi connectivity index (χ1v) is 7.66. The van der Waals surface area contributed by atoms with Crippen LogP contribution in [0.1, 0.15) is 48.1 Å². The quantitative estimate of drug-likeness (QED) is 0.910. The van der Waals surface area contributed by atoms with E-state index in [1.54, 1.807) is 0 Å². The first-order valence-electron chi connectivity index (χ1n) is 6.61. The van der Waals surface area contributed by atoms with E-state index in [9.17, 15) is 4.79 Å². The summed E-state index contributed by atoms with van der Waals surface area (Å²) >= 11 is 1.96. The molecule has 0 aliphatic heterocycles. The molecule has 0 aromatic carbocycles. The number of rotatable bonds is 4. The fourth-order valence-electron chi connectivity index (χ4n) is 2.61. The highest BCUT2D eigenvalue weighted by Gasteiger charge is 2.29. The van der Waals surface area contributed by atoms with Gasteiger partial charge in [-0.1, -0.05) is 13.3 Å². The van der Waals surface area contributed by atoms with Crippen LogP contribution in [-0.2, 0) is 0 Å². The van der Waals surface area contributed by atoms with Gasteiger partial charge < -0.3 is 9.73 Å². The molecule has 18 heavy (non-hydrogen) atoms. The van der Waals surface area contributed by atoms with E-state index in [1.807, 2.05) is 31.7 Å². The number of nitrogens with one attached hydrogen (secondary N) is 1. The maximum absolute atomic E-state index is 12.2. The highest BCUT2D eigenvalue weighted by molar-refractivity contribution is 7.99. The SMILES string of the molecule is CCS[C@H]1CCC[C@@H]1NC(=O)c1cc(C)oc1C. The van der Waals surface area contributed by atoms with Crippen molar-refractivity contribution in [3.63, 3.8) is 0 Å². The lowest BCUT2D eigenvalue weighted by molar-refractivity contribution is 0.0937. The lowest BCUT2D eigenvalue weighted by Gasteiger charge is -2.19. The largest absolute Gasteiger partial charge is 0.466 e. The number of furan rings is 1. The molecule has 4 heteroatoms. The molecule has 1 aromatic heterocycles. The van der Waals surface area contributed by atoms with Crippen molar-refractivity contribution in [2.75, 3.05) is 5.75 Å². The monoisotopic (exact) mass is 267 g/mol. The number of amides is 1. The second-order valence-electron chi connectivity index (χ2n) is 4.83. The van der Waals surface area contributed by atoms with Gasteiger partial charge in [-0.3, -0.25) is 4.79 Å². The van der Waals surface area contributed by atoms with Crippen molar-refractivity contribution in [2.24, 2.45) is 0 Å². The van der Waals surface area contributed by atoms with Crippen molar-refractivity contribution in [3.05, 3.63) is 23.2 Å². The number of carbonyl (C=O) groups is 1. The number of hydrogen-bond donors (Lipinski definition) is 1. The van der Waals surface area contributed by atoms with E-state index in [2.05, 4.69) is 12.2 Å². The molecule has 1 aliphatic rings. The number of thioether (sulfide) groups is 1. The zero-order chi connectivity index (χ0) is 13.1. The molecule has 3 nitrogen and oxygen atoms in total. The minimum absolute atomic E-state index is 0.0120. The lowest BCUT2D eigenvalue weighted by Crippen LogP contribution is -2.38. The van der Waals surface area contributed by atoms with Crippen LogP contribution in [0.2, 0.25) is 0 Å². The van der Waals surface area contributed by atoms with Crippen molar-refractivity contribution in [2.45, 2.75) is 51.3 Å². The summed E-state index contributed by atoms with van der Waals surface area (Å²) in [5, 5.41) is 3.74. The van der Waals surface area contributed by atoms with E-state index in [1.165, 1.54) is 12.8 Å². The van der Waals surface area contributed by atoms with E-state index < -0.39 is 0 Å². The van der Waals surface area contributed by atoms with Gasteiger partial charge in [-0.25, -0.2) is 0 Å². The summed E-state index contributed by atoms with van der Waals surface area (Å²) in [4.78, 5) is 12.2. The van der Waals surface area contributed by atoms with Crippen molar-refractivity contribution >= 4 is 17.7 Å². The third-order valence-electron chi connectivity index (χ3n) is 3.44. The molecule has 1 aliphatic carbocycles. The topological polar surface area (TPSA) is 42.2 Å². The smallest absolute Gasteiger partial charge is 0.255 e. The van der Waals surface area contributed by atoms with Gasteiger partial charge in [-0.15, -0.1) is 0 Å². The van der Waals surface area contributed by atoms with E-state index in [4.69, 9.17) is 4.42 Å². The van der Waals surface area contributed by atoms with Crippen LogP contribution in [0.25, 0.3) is 0 Å². The van der Waals surface area contributed by atoms with E-state index in [0.717, 1.165) is 17.9 Å². The van der Waals surface area contributed by atoms with Crippen LogP contribution in [0.15, 0.2) is 10.5 Å². The number of hydrogen-bond acceptors (Lipinski definition) is 3. The fourth-order valence-corrected chi connectivity index (χ4v) is 3.81. The van der Waals surface area contributed by atoms with Gasteiger partial charge in [0.1, 0.15) is 11.5 Å². The predicted molar refractivity (Wildman–Crippen MR) is 75.2 cm³/mol. The van der Waals surface area contributed by atoms with Crippen LogP contribution in [0, 0.1) is 13.8 Å². The zero-order valence-corrected chi connectivity index (χ0v) is 12.1. The molecule has 1 heterocycles. The first kappa shape index (κ1) is 13.5. The van der Waals surface area contributed by atoms with Crippen molar-refractivity contribution < 1.29 is 9.21 Å². The Kier molecular flexibility index (Phi) is 4.38. The Morgan fingerprint density at radius 1 is 1.50 bits per heavy atom. The maximum atomic E-state index is 12.2. The van der Waals surface area contributed by atoms with Crippen molar-refractivity contribution in [1.82, 2.24) is 5.32 Å². The third-order valence-corrected chi connectivity index (χ3v) is 4.76. The molecule has 0 saturated heterocycles. The summed E-state index contributed by atoms with van der Waals surface area (Å²) in [6, 6.07) is 2.14. The minimum Gasteiger partial charge on any atom is -0.466 e. The van der Waals surface area contributed by atoms with Gasteiger partial charge in [0.2, 0.25) is 0 Å². The van der Waals surface area contributed by atoms with E-state index in [0.29, 0.717) is 22.6 Å². The van der Waals surface area contributed by atoms with Crippen molar-refractivity contribution in [1.29, 1.82) is 0 Å². The Morgan fingerprint density at radius 2 is 2.28 bits per heavy atom. The summed E-state index contributed by atoms with van der Waals surface area (Å²) in [6.07, 6.45) is 3.53. The minimum atomic E-state index is 0.0120. The van der Waals surface area contributed by atoms with Gasteiger partial charge in [-0.2, -0.15) is 11.8 Å². The Balaban J connectivity index is 2.00. The van der Waals surface area contributed by atoms with Gasteiger partial charge in [0, 0.05) is 11.3 Å². The molecule has 100 valence electrons. The molecular formula is C14H21NO2S. The Hall–Kier alpha value is -0.900. The van der Waals surface area contributed by atoms with Crippen LogP contribution in [0.3, 0.4) is 0 Å². The summed E-state index contributed by atoms with van der Waals surface area (Å²) in [5.74, 6) is 2.63. The number of aryl methyl sites for hydroxylation is 2. The van der Waals surface area contributed by atoms with Crippen LogP contribution < -0.4 is 5.32 Å². The molecular weight excluding hydrogens is 246 g/mol. The highest BCUT2D eigenvalue weighted by atomic mass is 32.2. The standard InChI is InChI=1S/C14H21NO2S/c1-4-18-13-7-5-6-12(13)15-14(16)11-8-9(2)17-10(11)3/h8,12-13H,4-7H2,1-3H3,(H,15,16)/t12-,13-/m0/s1. The second kappa shape index (κ2) is 5.83. The highest BCUT2D eigenvalue weighted by Crippen LogP contribution is 2.30. The average molecular weight is 267 g/mol. The first-order chi connectivity index (χ1) is 8.61. The maximum Gasteiger partial charge on any atom is 0.255 e. The molecule has 0 radical (unpaired) electrons. The van der Waals surface area contributed by atoms with Crippen LogP contribution >= 0.6 is 11.8 Å². The Bertz CT molecular complexity index is 427. The van der Waals surface area contributed by atoms with E-state index >= 15 is 0 Å². The molecule has 2 atom stereocenters. The van der Waals surface area contributed by atoms with Gasteiger partial charge in [0.15, 0.2) is 0 Å².